The third-order valence-electron chi connectivity index (χ3n) is 2.11. The van der Waals surface area contributed by atoms with Crippen molar-refractivity contribution in [2.24, 2.45) is 0 Å². The van der Waals surface area contributed by atoms with E-state index in [1.165, 1.54) is 0 Å². The molecule has 2 nitrogen and oxygen atoms in total. The molecule has 1 saturated heterocycles. The van der Waals surface area contributed by atoms with Crippen molar-refractivity contribution in [3.8, 4) is 0 Å². The SMILES string of the molecule is C=CCN1CC(CBr)OC(C)(C)C1. The zero-order valence-corrected chi connectivity index (χ0v) is 10.0. The zero-order valence-electron chi connectivity index (χ0n) is 8.42. The molecule has 0 aliphatic carbocycles. The highest BCUT2D eigenvalue weighted by molar-refractivity contribution is 9.09. The van der Waals surface area contributed by atoms with Crippen LogP contribution in [0.4, 0.5) is 0 Å². The highest BCUT2D eigenvalue weighted by Gasteiger charge is 2.31. The molecular weight excluding hydrogens is 230 g/mol. The van der Waals surface area contributed by atoms with Crippen LogP contribution in [0.1, 0.15) is 13.8 Å². The van der Waals surface area contributed by atoms with Gasteiger partial charge in [-0.15, -0.1) is 6.58 Å². The first-order chi connectivity index (χ1) is 6.07. The lowest BCUT2D eigenvalue weighted by atomic mass is 10.1. The summed E-state index contributed by atoms with van der Waals surface area (Å²) in [5.41, 5.74) is -0.0281. The van der Waals surface area contributed by atoms with E-state index in [0.717, 1.165) is 25.0 Å². The predicted molar refractivity (Wildman–Crippen MR) is 59.4 cm³/mol. The maximum Gasteiger partial charge on any atom is 0.0806 e. The minimum Gasteiger partial charge on any atom is -0.369 e. The summed E-state index contributed by atoms with van der Waals surface area (Å²) in [5.74, 6) is 0. The van der Waals surface area contributed by atoms with Crippen LogP contribution in [0.3, 0.4) is 0 Å². The topological polar surface area (TPSA) is 12.5 Å². The molecule has 1 fully saturated rings. The van der Waals surface area contributed by atoms with Gasteiger partial charge in [-0.3, -0.25) is 4.90 Å². The molecule has 0 N–H and O–H groups in total. The second-order valence-electron chi connectivity index (χ2n) is 4.14. The van der Waals surface area contributed by atoms with Gasteiger partial charge in [0.1, 0.15) is 0 Å². The number of rotatable bonds is 3. The number of ether oxygens (including phenoxy) is 1. The van der Waals surface area contributed by atoms with E-state index in [-0.39, 0.29) is 5.60 Å². The van der Waals surface area contributed by atoms with Crippen molar-refractivity contribution < 1.29 is 4.74 Å². The number of morpholine rings is 1. The van der Waals surface area contributed by atoms with Gasteiger partial charge in [0.15, 0.2) is 0 Å². The van der Waals surface area contributed by atoms with Gasteiger partial charge in [-0.2, -0.15) is 0 Å². The summed E-state index contributed by atoms with van der Waals surface area (Å²) >= 11 is 3.46. The first-order valence-corrected chi connectivity index (χ1v) is 5.76. The number of alkyl halides is 1. The predicted octanol–water partition coefficient (Wildman–Crippen LogP) is 2.05. The maximum absolute atomic E-state index is 5.88. The van der Waals surface area contributed by atoms with Gasteiger partial charge in [0.05, 0.1) is 11.7 Å². The monoisotopic (exact) mass is 247 g/mol. The molecule has 3 heteroatoms. The Morgan fingerprint density at radius 2 is 2.38 bits per heavy atom. The molecule has 0 aromatic heterocycles. The van der Waals surface area contributed by atoms with Crippen molar-refractivity contribution in [1.82, 2.24) is 4.90 Å². The molecule has 1 aliphatic rings. The van der Waals surface area contributed by atoms with E-state index in [0.29, 0.717) is 6.10 Å². The Balaban J connectivity index is 2.54. The van der Waals surface area contributed by atoms with Gasteiger partial charge in [-0.1, -0.05) is 22.0 Å². The molecule has 1 rings (SSSR count). The molecule has 0 aromatic rings. The molecule has 1 unspecified atom stereocenters. The molecule has 1 atom stereocenters. The third kappa shape index (κ3) is 3.41. The van der Waals surface area contributed by atoms with E-state index < -0.39 is 0 Å². The number of nitrogens with zero attached hydrogens (tertiary/aromatic N) is 1. The molecule has 1 aliphatic heterocycles. The molecule has 13 heavy (non-hydrogen) atoms. The van der Waals surface area contributed by atoms with Crippen LogP contribution >= 0.6 is 15.9 Å². The van der Waals surface area contributed by atoms with E-state index in [1.54, 1.807) is 0 Å². The van der Waals surface area contributed by atoms with Crippen LogP contribution in [0.2, 0.25) is 0 Å². The van der Waals surface area contributed by atoms with Crippen molar-refractivity contribution >= 4 is 15.9 Å². The largest absolute Gasteiger partial charge is 0.369 e. The quantitative estimate of drug-likeness (QED) is 0.560. The van der Waals surface area contributed by atoms with Gasteiger partial charge in [-0.25, -0.2) is 0 Å². The second-order valence-corrected chi connectivity index (χ2v) is 4.78. The molecule has 0 spiro atoms. The molecule has 0 bridgehead atoms. The van der Waals surface area contributed by atoms with Gasteiger partial charge in [0.2, 0.25) is 0 Å². The number of halogens is 1. The van der Waals surface area contributed by atoms with Gasteiger partial charge >= 0.3 is 0 Å². The lowest BCUT2D eigenvalue weighted by Crippen LogP contribution is -2.53. The van der Waals surface area contributed by atoms with E-state index in [1.807, 2.05) is 6.08 Å². The minimum atomic E-state index is -0.0281. The fraction of sp³-hybridized carbons (Fsp3) is 0.800. The molecule has 0 radical (unpaired) electrons. The van der Waals surface area contributed by atoms with E-state index in [9.17, 15) is 0 Å². The summed E-state index contributed by atoms with van der Waals surface area (Å²) in [5, 5.41) is 0.907. The lowest BCUT2D eigenvalue weighted by molar-refractivity contribution is -0.123. The van der Waals surface area contributed by atoms with Crippen molar-refractivity contribution in [1.29, 1.82) is 0 Å². The molecule has 0 saturated carbocycles. The second kappa shape index (κ2) is 4.58. The van der Waals surface area contributed by atoms with Crippen molar-refractivity contribution in [3.63, 3.8) is 0 Å². The maximum atomic E-state index is 5.88. The fourth-order valence-corrected chi connectivity index (χ4v) is 2.16. The Morgan fingerprint density at radius 3 is 2.92 bits per heavy atom. The fourth-order valence-electron chi connectivity index (χ4n) is 1.82. The van der Waals surface area contributed by atoms with Crippen LogP contribution in [0.25, 0.3) is 0 Å². The Morgan fingerprint density at radius 1 is 1.69 bits per heavy atom. The molecule has 1 heterocycles. The average Bonchev–Trinajstić information content (AvgIpc) is 2.02. The summed E-state index contributed by atoms with van der Waals surface area (Å²) in [4.78, 5) is 2.38. The summed E-state index contributed by atoms with van der Waals surface area (Å²) < 4.78 is 5.88. The number of hydrogen-bond donors (Lipinski definition) is 0. The van der Waals surface area contributed by atoms with Crippen LogP contribution in [0.15, 0.2) is 12.7 Å². The Labute approximate surface area is 89.1 Å². The first-order valence-electron chi connectivity index (χ1n) is 4.64. The zero-order chi connectivity index (χ0) is 9.90. The molecule has 0 amide bonds. The van der Waals surface area contributed by atoms with E-state index in [2.05, 4.69) is 41.3 Å². The Kier molecular flexibility index (Phi) is 3.95. The van der Waals surface area contributed by atoms with Gasteiger partial charge < -0.3 is 4.74 Å². The van der Waals surface area contributed by atoms with Crippen molar-refractivity contribution in [2.75, 3.05) is 25.0 Å². The van der Waals surface area contributed by atoms with Gasteiger partial charge in [0, 0.05) is 25.0 Å². The highest BCUT2D eigenvalue weighted by Crippen LogP contribution is 2.21. The Bertz CT molecular complexity index is 182. The summed E-state index contributed by atoms with van der Waals surface area (Å²) in [6.45, 7) is 11.0. The normalized spacial score (nSPS) is 28.7. The van der Waals surface area contributed by atoms with E-state index >= 15 is 0 Å². The van der Waals surface area contributed by atoms with Gasteiger partial charge in [-0.05, 0) is 13.8 Å². The first kappa shape index (κ1) is 11.2. The van der Waals surface area contributed by atoms with Gasteiger partial charge in [0.25, 0.3) is 0 Å². The standard InChI is InChI=1S/C10H18BrNO/c1-4-5-12-7-9(6-11)13-10(2,3)8-12/h4,9H,1,5-8H2,2-3H3. The molecule has 0 aromatic carbocycles. The van der Waals surface area contributed by atoms with Crippen LogP contribution in [-0.2, 0) is 4.74 Å². The minimum absolute atomic E-state index is 0.0281. The Hall–Kier alpha value is 0.140. The van der Waals surface area contributed by atoms with Crippen molar-refractivity contribution in [2.45, 2.75) is 25.6 Å². The van der Waals surface area contributed by atoms with Crippen molar-refractivity contribution in [3.05, 3.63) is 12.7 Å². The average molecular weight is 248 g/mol. The summed E-state index contributed by atoms with van der Waals surface area (Å²) in [6, 6.07) is 0. The third-order valence-corrected chi connectivity index (χ3v) is 2.83. The van der Waals surface area contributed by atoms with Crippen LogP contribution in [-0.4, -0.2) is 41.6 Å². The smallest absolute Gasteiger partial charge is 0.0806 e. The molecule has 76 valence electrons. The lowest BCUT2D eigenvalue weighted by Gasteiger charge is -2.42. The van der Waals surface area contributed by atoms with Crippen LogP contribution in [0, 0.1) is 0 Å². The summed E-state index contributed by atoms with van der Waals surface area (Å²) in [7, 11) is 0. The van der Waals surface area contributed by atoms with Crippen LogP contribution < -0.4 is 0 Å². The summed E-state index contributed by atoms with van der Waals surface area (Å²) in [6.07, 6.45) is 2.26. The van der Waals surface area contributed by atoms with Crippen LogP contribution in [0.5, 0.6) is 0 Å². The van der Waals surface area contributed by atoms with E-state index in [4.69, 9.17) is 4.74 Å². The number of hydrogen-bond acceptors (Lipinski definition) is 2. The highest BCUT2D eigenvalue weighted by atomic mass is 79.9. The molecular formula is C10H18BrNO.